The van der Waals surface area contributed by atoms with Gasteiger partial charge in [0, 0.05) is 7.11 Å². The molecule has 1 rings (SSSR count). The minimum Gasteiger partial charge on any atom is -0.390 e. The molecule has 0 aliphatic heterocycles. The van der Waals surface area contributed by atoms with Crippen LogP contribution in [0.3, 0.4) is 0 Å². The Morgan fingerprint density at radius 3 is 2.50 bits per heavy atom. The zero-order chi connectivity index (χ0) is 7.56. The van der Waals surface area contributed by atoms with E-state index in [1.54, 1.807) is 7.11 Å². The highest BCUT2D eigenvalue weighted by molar-refractivity contribution is 4.81. The first-order chi connectivity index (χ1) is 4.75. The number of ether oxygens (including phenoxy) is 1. The molecule has 3 heteroatoms. The summed E-state index contributed by atoms with van der Waals surface area (Å²) < 4.78 is 4.96. The molecule has 1 aliphatic rings. The summed E-state index contributed by atoms with van der Waals surface area (Å²) in [6.07, 6.45) is 1.06. The maximum absolute atomic E-state index is 9.26. The molecule has 0 spiro atoms. The Bertz CT molecular complexity index is 105. The third-order valence-electron chi connectivity index (χ3n) is 2.07. The van der Waals surface area contributed by atoms with Crippen molar-refractivity contribution < 1.29 is 14.9 Å². The summed E-state index contributed by atoms with van der Waals surface area (Å²) >= 11 is 0. The van der Waals surface area contributed by atoms with Gasteiger partial charge in [-0.05, 0) is 19.3 Å². The van der Waals surface area contributed by atoms with E-state index in [0.717, 1.165) is 12.8 Å². The van der Waals surface area contributed by atoms with Crippen LogP contribution in [-0.4, -0.2) is 35.6 Å². The molecule has 1 unspecified atom stereocenters. The van der Waals surface area contributed by atoms with Crippen molar-refractivity contribution in [3.8, 4) is 0 Å². The molecule has 60 valence electrons. The fourth-order valence-corrected chi connectivity index (χ4v) is 1.37. The first-order valence-corrected chi connectivity index (χ1v) is 3.64. The number of aliphatic hydroxyl groups excluding tert-OH is 2. The third-order valence-corrected chi connectivity index (χ3v) is 2.07. The molecular formula is C7H14O3. The van der Waals surface area contributed by atoms with Crippen molar-refractivity contribution in [3.63, 3.8) is 0 Å². The highest BCUT2D eigenvalue weighted by atomic mass is 16.5. The molecule has 0 bridgehead atoms. The van der Waals surface area contributed by atoms with Crippen molar-refractivity contribution in [2.24, 2.45) is 0 Å². The summed E-state index contributed by atoms with van der Waals surface area (Å²) in [6.45, 7) is 0. The Hall–Kier alpha value is -0.120. The second kappa shape index (κ2) is 3.32. The summed E-state index contributed by atoms with van der Waals surface area (Å²) in [7, 11) is 1.56. The molecule has 0 aromatic carbocycles. The molecule has 0 saturated heterocycles. The van der Waals surface area contributed by atoms with E-state index >= 15 is 0 Å². The quantitative estimate of drug-likeness (QED) is 0.543. The fourth-order valence-electron chi connectivity index (χ4n) is 1.37. The monoisotopic (exact) mass is 146 g/mol. The Balaban J connectivity index is 2.42. The lowest BCUT2D eigenvalue weighted by molar-refractivity contribution is -0.0993. The van der Waals surface area contributed by atoms with Crippen LogP contribution in [0.25, 0.3) is 0 Å². The Morgan fingerprint density at radius 1 is 1.30 bits per heavy atom. The molecule has 10 heavy (non-hydrogen) atoms. The first-order valence-electron chi connectivity index (χ1n) is 3.64. The van der Waals surface area contributed by atoms with Crippen molar-refractivity contribution in [1.29, 1.82) is 0 Å². The lowest BCUT2D eigenvalue weighted by atomic mass is 9.92. The predicted octanol–water partition coefficient (Wildman–Crippen LogP) is -0.0929. The van der Waals surface area contributed by atoms with Gasteiger partial charge in [-0.1, -0.05) is 0 Å². The molecule has 1 saturated carbocycles. The largest absolute Gasteiger partial charge is 0.390 e. The summed E-state index contributed by atoms with van der Waals surface area (Å²) in [5.41, 5.74) is 0. The maximum atomic E-state index is 9.26. The second-order valence-corrected chi connectivity index (χ2v) is 2.76. The molecule has 0 aromatic rings. The lowest BCUT2D eigenvalue weighted by Crippen LogP contribution is -2.41. The average molecular weight is 146 g/mol. The van der Waals surface area contributed by atoms with E-state index in [4.69, 9.17) is 9.84 Å². The fraction of sp³-hybridized carbons (Fsp3) is 1.00. The Kier molecular flexibility index (Phi) is 2.65. The van der Waals surface area contributed by atoms with Crippen molar-refractivity contribution in [2.75, 3.05) is 7.11 Å². The van der Waals surface area contributed by atoms with Crippen LogP contribution in [0.1, 0.15) is 19.3 Å². The van der Waals surface area contributed by atoms with Gasteiger partial charge in [-0.25, -0.2) is 0 Å². The van der Waals surface area contributed by atoms with E-state index in [1.165, 1.54) is 0 Å². The second-order valence-electron chi connectivity index (χ2n) is 2.76. The minimum absolute atomic E-state index is 0.163. The normalized spacial score (nSPS) is 41.7. The number of aliphatic hydroxyl groups is 2. The Labute approximate surface area is 60.6 Å². The van der Waals surface area contributed by atoms with Gasteiger partial charge in [0.1, 0.15) is 6.10 Å². The van der Waals surface area contributed by atoms with Crippen LogP contribution in [-0.2, 0) is 4.74 Å². The molecule has 0 heterocycles. The van der Waals surface area contributed by atoms with Gasteiger partial charge in [0.25, 0.3) is 0 Å². The zero-order valence-corrected chi connectivity index (χ0v) is 6.16. The number of hydrogen-bond acceptors (Lipinski definition) is 3. The molecule has 0 amide bonds. The molecule has 3 nitrogen and oxygen atoms in total. The standard InChI is InChI=1S/C7H14O3/c1-10-6-4-2-3-5(8)7(6)9/h5-9H,2-4H2,1H3/t5-,6?,7+/m1/s1. The van der Waals surface area contributed by atoms with E-state index in [1.807, 2.05) is 0 Å². The van der Waals surface area contributed by atoms with Gasteiger partial charge in [-0.15, -0.1) is 0 Å². The van der Waals surface area contributed by atoms with Gasteiger partial charge in [-0.2, -0.15) is 0 Å². The van der Waals surface area contributed by atoms with E-state index < -0.39 is 12.2 Å². The highest BCUT2D eigenvalue weighted by Gasteiger charge is 2.29. The van der Waals surface area contributed by atoms with Crippen LogP contribution in [0, 0.1) is 0 Å². The SMILES string of the molecule is COC1CCC[C@@H](O)[C@@H]1O. The number of methoxy groups -OCH3 is 1. The Morgan fingerprint density at radius 2 is 2.00 bits per heavy atom. The number of rotatable bonds is 1. The van der Waals surface area contributed by atoms with E-state index in [9.17, 15) is 5.11 Å². The maximum Gasteiger partial charge on any atom is 0.106 e. The van der Waals surface area contributed by atoms with Crippen LogP contribution in [0.2, 0.25) is 0 Å². The van der Waals surface area contributed by atoms with Crippen LogP contribution >= 0.6 is 0 Å². The van der Waals surface area contributed by atoms with E-state index in [0.29, 0.717) is 6.42 Å². The summed E-state index contributed by atoms with van der Waals surface area (Å²) in [6, 6.07) is 0. The van der Waals surface area contributed by atoms with E-state index in [-0.39, 0.29) is 6.10 Å². The van der Waals surface area contributed by atoms with Gasteiger partial charge in [-0.3, -0.25) is 0 Å². The lowest BCUT2D eigenvalue weighted by Gasteiger charge is -2.30. The minimum atomic E-state index is -0.682. The molecule has 0 aromatic heterocycles. The third kappa shape index (κ3) is 1.48. The van der Waals surface area contributed by atoms with Crippen molar-refractivity contribution in [3.05, 3.63) is 0 Å². The average Bonchev–Trinajstić information content (AvgIpc) is 1.95. The smallest absolute Gasteiger partial charge is 0.106 e. The summed E-state index contributed by atoms with van der Waals surface area (Å²) in [5, 5.41) is 18.4. The van der Waals surface area contributed by atoms with Crippen LogP contribution in [0.15, 0.2) is 0 Å². The molecule has 1 aliphatic carbocycles. The molecule has 3 atom stereocenters. The van der Waals surface area contributed by atoms with E-state index in [2.05, 4.69) is 0 Å². The van der Waals surface area contributed by atoms with Crippen molar-refractivity contribution in [1.82, 2.24) is 0 Å². The van der Waals surface area contributed by atoms with Crippen LogP contribution in [0.4, 0.5) is 0 Å². The summed E-state index contributed by atoms with van der Waals surface area (Å²) in [4.78, 5) is 0. The van der Waals surface area contributed by atoms with Gasteiger partial charge >= 0.3 is 0 Å². The molecular weight excluding hydrogens is 132 g/mol. The summed E-state index contributed by atoms with van der Waals surface area (Å²) in [5.74, 6) is 0. The van der Waals surface area contributed by atoms with Gasteiger partial charge < -0.3 is 14.9 Å². The van der Waals surface area contributed by atoms with Gasteiger partial charge in [0.05, 0.1) is 12.2 Å². The van der Waals surface area contributed by atoms with Crippen LogP contribution < -0.4 is 0 Å². The molecule has 0 radical (unpaired) electrons. The predicted molar refractivity (Wildman–Crippen MR) is 36.7 cm³/mol. The molecule has 1 fully saturated rings. The molecule has 2 N–H and O–H groups in total. The zero-order valence-electron chi connectivity index (χ0n) is 6.16. The van der Waals surface area contributed by atoms with Gasteiger partial charge in [0.2, 0.25) is 0 Å². The number of hydrogen-bond donors (Lipinski definition) is 2. The highest BCUT2D eigenvalue weighted by Crippen LogP contribution is 2.20. The van der Waals surface area contributed by atoms with Gasteiger partial charge in [0.15, 0.2) is 0 Å². The topological polar surface area (TPSA) is 49.7 Å². The first kappa shape index (κ1) is 7.98. The van der Waals surface area contributed by atoms with Crippen molar-refractivity contribution >= 4 is 0 Å². The van der Waals surface area contributed by atoms with Crippen LogP contribution in [0.5, 0.6) is 0 Å². The van der Waals surface area contributed by atoms with Crippen molar-refractivity contribution in [2.45, 2.75) is 37.6 Å².